The van der Waals surface area contributed by atoms with E-state index in [1.54, 1.807) is 45.3 Å². The van der Waals surface area contributed by atoms with Crippen molar-refractivity contribution in [2.75, 3.05) is 7.05 Å². The Hall–Kier alpha value is -2.37. The van der Waals surface area contributed by atoms with Crippen LogP contribution in [-0.4, -0.2) is 39.3 Å². The van der Waals surface area contributed by atoms with Gasteiger partial charge in [0.15, 0.2) is 6.29 Å². The summed E-state index contributed by atoms with van der Waals surface area (Å²) in [6.07, 6.45) is 3.58. The number of carbonyl (C=O) groups excluding carboxylic acids is 2. The first kappa shape index (κ1) is 16.0. The fourth-order valence-electron chi connectivity index (χ4n) is 2.14. The summed E-state index contributed by atoms with van der Waals surface area (Å²) in [5, 5.41) is 0. The molecule has 0 N–H and O–H groups in total. The van der Waals surface area contributed by atoms with E-state index in [1.807, 2.05) is 24.4 Å². The van der Waals surface area contributed by atoms with E-state index in [2.05, 4.69) is 4.98 Å². The third-order valence-corrected chi connectivity index (χ3v) is 3.53. The fourth-order valence-corrected chi connectivity index (χ4v) is 2.14. The molecule has 2 aromatic rings. The number of imidazole rings is 1. The molecule has 0 aliphatic heterocycles. The van der Waals surface area contributed by atoms with Crippen molar-refractivity contribution in [1.82, 2.24) is 14.3 Å². The SMILES string of the molecule is CN(C(=O)OC(C)(C)C)C(C)(C=O)c1cnc2ccccn12. The number of aldehydes is 1. The summed E-state index contributed by atoms with van der Waals surface area (Å²) >= 11 is 0. The normalized spacial score (nSPS) is 14.4. The van der Waals surface area contributed by atoms with Crippen LogP contribution in [0.3, 0.4) is 0 Å². The Labute approximate surface area is 129 Å². The van der Waals surface area contributed by atoms with Gasteiger partial charge in [-0.1, -0.05) is 6.07 Å². The molecule has 0 radical (unpaired) electrons. The van der Waals surface area contributed by atoms with E-state index in [4.69, 9.17) is 4.74 Å². The van der Waals surface area contributed by atoms with E-state index < -0.39 is 17.2 Å². The second-order valence-electron chi connectivity index (χ2n) is 6.38. The number of hydrogen-bond donors (Lipinski definition) is 0. The van der Waals surface area contributed by atoms with Crippen LogP contribution in [0.5, 0.6) is 0 Å². The highest BCUT2D eigenvalue weighted by molar-refractivity contribution is 5.77. The third kappa shape index (κ3) is 2.81. The molecule has 0 spiro atoms. The van der Waals surface area contributed by atoms with Crippen molar-refractivity contribution < 1.29 is 14.3 Å². The van der Waals surface area contributed by atoms with Gasteiger partial charge in [0.1, 0.15) is 16.8 Å². The lowest BCUT2D eigenvalue weighted by Crippen LogP contribution is -2.48. The molecule has 0 fully saturated rings. The third-order valence-electron chi connectivity index (χ3n) is 3.53. The maximum absolute atomic E-state index is 12.3. The van der Waals surface area contributed by atoms with Gasteiger partial charge >= 0.3 is 6.09 Å². The minimum Gasteiger partial charge on any atom is -0.444 e. The Kier molecular flexibility index (Phi) is 3.96. The predicted molar refractivity (Wildman–Crippen MR) is 82.6 cm³/mol. The Bertz CT molecular complexity index is 702. The Morgan fingerprint density at radius 2 is 2.00 bits per heavy atom. The molecule has 1 amide bonds. The van der Waals surface area contributed by atoms with Gasteiger partial charge in [-0.3, -0.25) is 4.90 Å². The number of likely N-dealkylation sites (N-methyl/N-ethyl adjacent to an activating group) is 1. The molecule has 6 heteroatoms. The van der Waals surface area contributed by atoms with E-state index in [0.717, 1.165) is 6.29 Å². The predicted octanol–water partition coefficient (Wildman–Crippen LogP) is 2.62. The van der Waals surface area contributed by atoms with Crippen LogP contribution in [0.15, 0.2) is 30.6 Å². The zero-order valence-electron chi connectivity index (χ0n) is 13.5. The van der Waals surface area contributed by atoms with Crippen LogP contribution in [0.25, 0.3) is 5.65 Å². The Morgan fingerprint density at radius 1 is 1.32 bits per heavy atom. The number of carbonyl (C=O) groups is 2. The van der Waals surface area contributed by atoms with Gasteiger partial charge in [-0.2, -0.15) is 0 Å². The van der Waals surface area contributed by atoms with Gasteiger partial charge < -0.3 is 13.9 Å². The van der Waals surface area contributed by atoms with Gasteiger partial charge in [0.25, 0.3) is 0 Å². The lowest BCUT2D eigenvalue weighted by molar-refractivity contribution is -0.117. The maximum atomic E-state index is 12.3. The minimum atomic E-state index is -1.18. The van der Waals surface area contributed by atoms with Crippen molar-refractivity contribution >= 4 is 18.0 Å². The summed E-state index contributed by atoms with van der Waals surface area (Å²) in [6, 6.07) is 5.54. The molecule has 0 aliphatic carbocycles. The van der Waals surface area contributed by atoms with E-state index in [9.17, 15) is 9.59 Å². The molecular formula is C16H21N3O3. The van der Waals surface area contributed by atoms with Crippen LogP contribution < -0.4 is 0 Å². The average Bonchev–Trinajstić information content (AvgIpc) is 2.88. The highest BCUT2D eigenvalue weighted by atomic mass is 16.6. The van der Waals surface area contributed by atoms with E-state index in [0.29, 0.717) is 11.3 Å². The summed E-state index contributed by atoms with van der Waals surface area (Å²) in [5.74, 6) is 0. The van der Waals surface area contributed by atoms with E-state index >= 15 is 0 Å². The second-order valence-corrected chi connectivity index (χ2v) is 6.38. The van der Waals surface area contributed by atoms with Crippen LogP contribution in [0.2, 0.25) is 0 Å². The van der Waals surface area contributed by atoms with Gasteiger partial charge in [0.2, 0.25) is 0 Å². The van der Waals surface area contributed by atoms with Gasteiger partial charge in [-0.15, -0.1) is 0 Å². The number of ether oxygens (including phenoxy) is 1. The number of hydrogen-bond acceptors (Lipinski definition) is 4. The van der Waals surface area contributed by atoms with Crippen LogP contribution in [0, 0.1) is 0 Å². The minimum absolute atomic E-state index is 0.562. The molecule has 1 unspecified atom stereocenters. The largest absolute Gasteiger partial charge is 0.444 e. The second kappa shape index (κ2) is 5.44. The summed E-state index contributed by atoms with van der Waals surface area (Å²) in [7, 11) is 1.55. The Morgan fingerprint density at radius 3 is 2.59 bits per heavy atom. The number of rotatable bonds is 3. The summed E-state index contributed by atoms with van der Waals surface area (Å²) in [4.78, 5) is 29.7. The van der Waals surface area contributed by atoms with Crippen molar-refractivity contribution in [3.05, 3.63) is 36.3 Å². The molecular weight excluding hydrogens is 282 g/mol. The van der Waals surface area contributed by atoms with E-state index in [-0.39, 0.29) is 0 Å². The van der Waals surface area contributed by atoms with Crippen molar-refractivity contribution in [2.24, 2.45) is 0 Å². The van der Waals surface area contributed by atoms with Crippen LogP contribution in [0.1, 0.15) is 33.4 Å². The molecule has 118 valence electrons. The summed E-state index contributed by atoms with van der Waals surface area (Å²) in [6.45, 7) is 7.02. The number of aromatic nitrogens is 2. The average molecular weight is 303 g/mol. The zero-order valence-corrected chi connectivity index (χ0v) is 13.5. The Balaban J connectivity index is 2.44. The van der Waals surface area contributed by atoms with Crippen molar-refractivity contribution in [2.45, 2.75) is 38.8 Å². The van der Waals surface area contributed by atoms with E-state index in [1.165, 1.54) is 4.90 Å². The van der Waals surface area contributed by atoms with Gasteiger partial charge in [-0.25, -0.2) is 9.78 Å². The standard InChI is InChI=1S/C16H21N3O3/c1-15(2,3)22-14(21)18(5)16(4,11-20)12-10-17-13-8-6-7-9-19(12)13/h6-11H,1-5H3. The number of fused-ring (bicyclic) bond motifs is 1. The summed E-state index contributed by atoms with van der Waals surface area (Å²) in [5.41, 5.74) is -0.493. The summed E-state index contributed by atoms with van der Waals surface area (Å²) < 4.78 is 7.14. The maximum Gasteiger partial charge on any atom is 0.411 e. The topological polar surface area (TPSA) is 63.9 Å². The first-order chi connectivity index (χ1) is 10.2. The molecule has 2 rings (SSSR count). The first-order valence-electron chi connectivity index (χ1n) is 7.05. The molecule has 0 bridgehead atoms. The van der Waals surface area contributed by atoms with Crippen molar-refractivity contribution in [1.29, 1.82) is 0 Å². The van der Waals surface area contributed by atoms with Gasteiger partial charge in [0.05, 0.1) is 11.9 Å². The quantitative estimate of drug-likeness (QED) is 0.818. The molecule has 6 nitrogen and oxygen atoms in total. The fraction of sp³-hybridized carbons (Fsp3) is 0.438. The monoisotopic (exact) mass is 303 g/mol. The van der Waals surface area contributed by atoms with Crippen molar-refractivity contribution in [3.8, 4) is 0 Å². The number of amides is 1. The van der Waals surface area contributed by atoms with Crippen molar-refractivity contribution in [3.63, 3.8) is 0 Å². The highest BCUT2D eigenvalue weighted by Gasteiger charge is 2.39. The molecule has 0 aliphatic rings. The lowest BCUT2D eigenvalue weighted by atomic mass is 9.99. The lowest BCUT2D eigenvalue weighted by Gasteiger charge is -2.35. The molecule has 1 atom stereocenters. The van der Waals surface area contributed by atoms with Gasteiger partial charge in [-0.05, 0) is 39.8 Å². The van der Waals surface area contributed by atoms with Crippen LogP contribution in [0.4, 0.5) is 4.79 Å². The zero-order chi connectivity index (χ0) is 16.5. The van der Waals surface area contributed by atoms with Crippen LogP contribution in [-0.2, 0) is 15.1 Å². The molecule has 0 saturated carbocycles. The molecule has 2 aromatic heterocycles. The molecule has 0 saturated heterocycles. The first-order valence-corrected chi connectivity index (χ1v) is 7.05. The van der Waals surface area contributed by atoms with Gasteiger partial charge in [0, 0.05) is 13.2 Å². The molecule has 0 aromatic carbocycles. The van der Waals surface area contributed by atoms with Crippen LogP contribution >= 0.6 is 0 Å². The number of nitrogens with zero attached hydrogens (tertiary/aromatic N) is 3. The number of pyridine rings is 1. The molecule has 2 heterocycles. The highest BCUT2D eigenvalue weighted by Crippen LogP contribution is 2.27. The molecule has 22 heavy (non-hydrogen) atoms. The smallest absolute Gasteiger partial charge is 0.411 e.